The minimum Gasteiger partial charge on any atom is -0.486 e. The fourth-order valence-electron chi connectivity index (χ4n) is 3.68. The largest absolute Gasteiger partial charge is 0.486 e. The number of ether oxygens (including phenoxy) is 1. The third-order valence-corrected chi connectivity index (χ3v) is 5.43. The summed E-state index contributed by atoms with van der Waals surface area (Å²) in [6.45, 7) is 8.47. The molecule has 0 bridgehead atoms. The average Bonchev–Trinajstić information content (AvgIpc) is 3.28. The van der Waals surface area contributed by atoms with Crippen molar-refractivity contribution in [3.8, 4) is 5.75 Å². The molecule has 1 aliphatic rings. The fourth-order valence-corrected chi connectivity index (χ4v) is 3.68. The van der Waals surface area contributed by atoms with Crippen molar-refractivity contribution in [2.24, 2.45) is 0 Å². The fraction of sp³-hybridized carbons (Fsp3) is 0.391. The smallest absolute Gasteiger partial charge is 0.253 e. The van der Waals surface area contributed by atoms with Crippen molar-refractivity contribution < 1.29 is 9.53 Å². The van der Waals surface area contributed by atoms with Gasteiger partial charge >= 0.3 is 0 Å². The van der Waals surface area contributed by atoms with Gasteiger partial charge in [-0.2, -0.15) is 0 Å². The van der Waals surface area contributed by atoms with Gasteiger partial charge in [0.25, 0.3) is 5.91 Å². The SMILES string of the molecule is CC(C)n1nnnc1COc1ccc(C(=O)N2CCN(Cc3ccccc3)CC2)cc1. The van der Waals surface area contributed by atoms with Crippen molar-refractivity contribution in [1.29, 1.82) is 0 Å². The van der Waals surface area contributed by atoms with E-state index in [0.29, 0.717) is 17.1 Å². The average molecular weight is 421 g/mol. The second-order valence-corrected chi connectivity index (χ2v) is 8.00. The molecular weight excluding hydrogens is 392 g/mol. The third-order valence-electron chi connectivity index (χ3n) is 5.43. The van der Waals surface area contributed by atoms with E-state index < -0.39 is 0 Å². The van der Waals surface area contributed by atoms with Gasteiger partial charge in [-0.05, 0) is 54.1 Å². The minimum absolute atomic E-state index is 0.0645. The van der Waals surface area contributed by atoms with Crippen molar-refractivity contribution in [2.75, 3.05) is 26.2 Å². The van der Waals surface area contributed by atoms with Gasteiger partial charge in [-0.1, -0.05) is 30.3 Å². The molecule has 4 rings (SSSR count). The van der Waals surface area contributed by atoms with E-state index in [2.05, 4.69) is 44.7 Å². The van der Waals surface area contributed by atoms with Crippen molar-refractivity contribution in [3.05, 3.63) is 71.5 Å². The van der Waals surface area contributed by atoms with Crippen LogP contribution in [0.3, 0.4) is 0 Å². The number of aromatic nitrogens is 4. The molecule has 8 nitrogen and oxygen atoms in total. The Kier molecular flexibility index (Phi) is 6.57. The molecule has 0 radical (unpaired) electrons. The van der Waals surface area contributed by atoms with E-state index in [0.717, 1.165) is 32.7 Å². The number of hydrogen-bond acceptors (Lipinski definition) is 6. The van der Waals surface area contributed by atoms with Gasteiger partial charge in [0.05, 0.1) is 6.04 Å². The number of nitrogens with zero attached hydrogens (tertiary/aromatic N) is 6. The molecule has 1 aliphatic heterocycles. The van der Waals surface area contributed by atoms with Gasteiger partial charge in [0, 0.05) is 38.3 Å². The summed E-state index contributed by atoms with van der Waals surface area (Å²) in [5, 5.41) is 11.7. The number of piperazine rings is 1. The molecule has 3 aromatic rings. The topological polar surface area (TPSA) is 76.4 Å². The summed E-state index contributed by atoms with van der Waals surface area (Å²) in [5.74, 6) is 1.42. The maximum Gasteiger partial charge on any atom is 0.253 e. The number of amides is 1. The Hall–Kier alpha value is -3.26. The van der Waals surface area contributed by atoms with Crippen LogP contribution in [0.15, 0.2) is 54.6 Å². The monoisotopic (exact) mass is 420 g/mol. The van der Waals surface area contributed by atoms with Crippen LogP contribution in [0.1, 0.15) is 41.6 Å². The number of hydrogen-bond donors (Lipinski definition) is 0. The van der Waals surface area contributed by atoms with Gasteiger partial charge < -0.3 is 9.64 Å². The lowest BCUT2D eigenvalue weighted by atomic mass is 10.1. The van der Waals surface area contributed by atoms with Crippen LogP contribution in [0.2, 0.25) is 0 Å². The quantitative estimate of drug-likeness (QED) is 0.585. The molecule has 0 spiro atoms. The molecule has 0 atom stereocenters. The zero-order valence-corrected chi connectivity index (χ0v) is 18.0. The Labute approximate surface area is 182 Å². The molecule has 31 heavy (non-hydrogen) atoms. The van der Waals surface area contributed by atoms with Gasteiger partial charge in [0.1, 0.15) is 12.4 Å². The maximum absolute atomic E-state index is 12.9. The summed E-state index contributed by atoms with van der Waals surface area (Å²) >= 11 is 0. The van der Waals surface area contributed by atoms with Crippen LogP contribution >= 0.6 is 0 Å². The standard InChI is InChI=1S/C23H28N6O2/c1-18(2)29-22(24-25-26-29)17-31-21-10-8-20(9-11-21)23(30)28-14-12-27(13-15-28)16-19-6-4-3-5-7-19/h3-11,18H,12-17H2,1-2H3. The summed E-state index contributed by atoms with van der Waals surface area (Å²) in [6, 6.07) is 17.9. The lowest BCUT2D eigenvalue weighted by Crippen LogP contribution is -2.48. The van der Waals surface area contributed by atoms with Crippen LogP contribution in [0.5, 0.6) is 5.75 Å². The van der Waals surface area contributed by atoms with Gasteiger partial charge in [-0.25, -0.2) is 4.68 Å². The highest BCUT2D eigenvalue weighted by atomic mass is 16.5. The Morgan fingerprint density at radius 1 is 1.00 bits per heavy atom. The van der Waals surface area contributed by atoms with Gasteiger partial charge in [-0.15, -0.1) is 5.10 Å². The van der Waals surface area contributed by atoms with Crippen LogP contribution in [0, 0.1) is 0 Å². The van der Waals surface area contributed by atoms with E-state index in [4.69, 9.17) is 4.74 Å². The van der Waals surface area contributed by atoms with Crippen molar-refractivity contribution in [3.63, 3.8) is 0 Å². The molecule has 162 valence electrons. The first-order valence-electron chi connectivity index (χ1n) is 10.7. The highest BCUT2D eigenvalue weighted by Gasteiger charge is 2.22. The molecule has 0 N–H and O–H groups in total. The molecule has 0 aliphatic carbocycles. The first kappa shape index (κ1) is 21.0. The van der Waals surface area contributed by atoms with Crippen LogP contribution in [0.4, 0.5) is 0 Å². The summed E-state index contributed by atoms with van der Waals surface area (Å²) in [4.78, 5) is 17.2. The molecule has 2 aromatic carbocycles. The number of carbonyl (C=O) groups is 1. The first-order valence-corrected chi connectivity index (χ1v) is 10.7. The minimum atomic E-state index is 0.0645. The highest BCUT2D eigenvalue weighted by Crippen LogP contribution is 2.17. The molecular formula is C23H28N6O2. The van der Waals surface area contributed by atoms with Crippen LogP contribution in [-0.4, -0.2) is 62.1 Å². The van der Waals surface area contributed by atoms with Gasteiger partial charge in [0.15, 0.2) is 5.82 Å². The maximum atomic E-state index is 12.9. The summed E-state index contributed by atoms with van der Waals surface area (Å²) in [6.07, 6.45) is 0. The summed E-state index contributed by atoms with van der Waals surface area (Å²) < 4.78 is 7.53. The predicted molar refractivity (Wildman–Crippen MR) is 117 cm³/mol. The first-order chi connectivity index (χ1) is 15.1. The third kappa shape index (κ3) is 5.27. The van der Waals surface area contributed by atoms with Crippen LogP contribution < -0.4 is 4.74 Å². The van der Waals surface area contributed by atoms with E-state index >= 15 is 0 Å². The van der Waals surface area contributed by atoms with Crippen LogP contribution in [-0.2, 0) is 13.2 Å². The molecule has 1 aromatic heterocycles. The summed E-state index contributed by atoms with van der Waals surface area (Å²) in [7, 11) is 0. The van der Waals surface area contributed by atoms with E-state index in [1.807, 2.05) is 49.1 Å². The molecule has 8 heteroatoms. The summed E-state index contributed by atoms with van der Waals surface area (Å²) in [5.41, 5.74) is 1.98. The second-order valence-electron chi connectivity index (χ2n) is 8.00. The predicted octanol–water partition coefficient (Wildman–Crippen LogP) is 2.79. The van der Waals surface area contributed by atoms with Crippen molar-refractivity contribution >= 4 is 5.91 Å². The molecule has 1 amide bonds. The Morgan fingerprint density at radius 3 is 2.39 bits per heavy atom. The molecule has 0 unspecified atom stereocenters. The van der Waals surface area contributed by atoms with E-state index in [1.54, 1.807) is 4.68 Å². The zero-order chi connectivity index (χ0) is 21.6. The molecule has 2 heterocycles. The van der Waals surface area contributed by atoms with Crippen LogP contribution in [0.25, 0.3) is 0 Å². The zero-order valence-electron chi connectivity index (χ0n) is 18.0. The highest BCUT2D eigenvalue weighted by molar-refractivity contribution is 5.94. The number of carbonyl (C=O) groups excluding carboxylic acids is 1. The van der Waals surface area contributed by atoms with Gasteiger partial charge in [0.2, 0.25) is 0 Å². The van der Waals surface area contributed by atoms with Crippen molar-refractivity contribution in [1.82, 2.24) is 30.0 Å². The number of rotatable bonds is 7. The number of tetrazole rings is 1. The molecule has 1 saturated heterocycles. The van der Waals surface area contributed by atoms with Crippen molar-refractivity contribution in [2.45, 2.75) is 33.0 Å². The normalized spacial score (nSPS) is 14.7. The Morgan fingerprint density at radius 2 is 1.71 bits per heavy atom. The number of benzene rings is 2. The Bertz CT molecular complexity index is 979. The molecule has 0 saturated carbocycles. The van der Waals surface area contributed by atoms with Gasteiger partial charge in [-0.3, -0.25) is 9.69 Å². The molecule has 1 fully saturated rings. The lowest BCUT2D eigenvalue weighted by molar-refractivity contribution is 0.0628. The lowest BCUT2D eigenvalue weighted by Gasteiger charge is -2.34. The second kappa shape index (κ2) is 9.70. The van der Waals surface area contributed by atoms with E-state index in [1.165, 1.54) is 5.56 Å². The van der Waals surface area contributed by atoms with E-state index in [9.17, 15) is 4.79 Å². The Balaban J connectivity index is 1.28. The van der Waals surface area contributed by atoms with E-state index in [-0.39, 0.29) is 18.6 Å².